The molecule has 2 aromatic carbocycles. The molecular formula is C24H22F3NO3. The van der Waals surface area contributed by atoms with Crippen molar-refractivity contribution in [3.8, 4) is 0 Å². The van der Waals surface area contributed by atoms with E-state index in [1.165, 1.54) is 23.1 Å². The molecule has 0 atom stereocenters. The molecule has 4 nitrogen and oxygen atoms in total. The minimum Gasteiger partial charge on any atom is -0.462 e. The summed E-state index contributed by atoms with van der Waals surface area (Å²) in [6.45, 7) is 3.60. The van der Waals surface area contributed by atoms with E-state index in [1.807, 2.05) is 30.3 Å². The highest BCUT2D eigenvalue weighted by Gasteiger charge is 2.38. The number of alkyl halides is 3. The predicted octanol–water partition coefficient (Wildman–Crippen LogP) is 5.01. The second kappa shape index (κ2) is 9.20. The third kappa shape index (κ3) is 4.87. The molecule has 0 saturated carbocycles. The number of nitrogens with zero attached hydrogens (tertiary/aromatic N) is 1. The number of allylic oxidation sites excluding steroid dienone is 1. The van der Waals surface area contributed by atoms with Crippen molar-refractivity contribution in [3.63, 3.8) is 0 Å². The second-order valence-corrected chi connectivity index (χ2v) is 7.02. The molecule has 2 aromatic rings. The number of rotatable bonds is 6. The summed E-state index contributed by atoms with van der Waals surface area (Å²) in [6.07, 6.45) is -2.93. The molecule has 0 N–H and O–H groups in total. The average Bonchev–Trinajstić information content (AvgIpc) is 2.96. The molecule has 0 unspecified atom stereocenters. The van der Waals surface area contributed by atoms with Gasteiger partial charge >= 0.3 is 12.1 Å². The normalized spacial score (nSPS) is 15.7. The SMILES string of the molecule is CCOC(=O)C1=C(C)N(CCc2ccccc2)C(=O)/C1=C\c1ccccc1C(F)(F)F. The zero-order valence-electron chi connectivity index (χ0n) is 17.2. The van der Waals surface area contributed by atoms with Gasteiger partial charge in [0.1, 0.15) is 0 Å². The van der Waals surface area contributed by atoms with Gasteiger partial charge in [0.15, 0.2) is 0 Å². The maximum atomic E-state index is 13.4. The Morgan fingerprint density at radius 3 is 2.35 bits per heavy atom. The molecular weight excluding hydrogens is 407 g/mol. The van der Waals surface area contributed by atoms with E-state index in [9.17, 15) is 22.8 Å². The van der Waals surface area contributed by atoms with E-state index >= 15 is 0 Å². The van der Waals surface area contributed by atoms with Gasteiger partial charge in [-0.05, 0) is 43.5 Å². The van der Waals surface area contributed by atoms with Crippen LogP contribution in [0.1, 0.15) is 30.5 Å². The summed E-state index contributed by atoms with van der Waals surface area (Å²) in [4.78, 5) is 27.1. The molecule has 31 heavy (non-hydrogen) atoms. The molecule has 0 radical (unpaired) electrons. The van der Waals surface area contributed by atoms with Crippen LogP contribution in [0.4, 0.5) is 13.2 Å². The van der Waals surface area contributed by atoms with Gasteiger partial charge in [-0.3, -0.25) is 4.79 Å². The van der Waals surface area contributed by atoms with Crippen LogP contribution < -0.4 is 0 Å². The number of halogens is 3. The van der Waals surface area contributed by atoms with Gasteiger partial charge in [0.05, 0.1) is 23.3 Å². The number of ether oxygens (including phenoxy) is 1. The first kappa shape index (κ1) is 22.3. The summed E-state index contributed by atoms with van der Waals surface area (Å²) in [6, 6.07) is 14.4. The van der Waals surface area contributed by atoms with Crippen molar-refractivity contribution in [2.45, 2.75) is 26.4 Å². The molecule has 1 heterocycles. The summed E-state index contributed by atoms with van der Waals surface area (Å²) < 4.78 is 45.4. The molecule has 1 aliphatic heterocycles. The molecule has 1 aliphatic rings. The monoisotopic (exact) mass is 429 g/mol. The highest BCUT2D eigenvalue weighted by Crippen LogP contribution is 2.36. The lowest BCUT2D eigenvalue weighted by molar-refractivity contribution is -0.138. The van der Waals surface area contributed by atoms with Gasteiger partial charge in [-0.1, -0.05) is 48.5 Å². The Labute approximate surface area is 178 Å². The van der Waals surface area contributed by atoms with Crippen LogP contribution in [0.15, 0.2) is 71.4 Å². The van der Waals surface area contributed by atoms with Crippen LogP contribution >= 0.6 is 0 Å². The van der Waals surface area contributed by atoms with Crippen molar-refractivity contribution >= 4 is 18.0 Å². The Morgan fingerprint density at radius 2 is 1.71 bits per heavy atom. The molecule has 0 bridgehead atoms. The fourth-order valence-electron chi connectivity index (χ4n) is 3.52. The van der Waals surface area contributed by atoms with Crippen LogP contribution in [0.5, 0.6) is 0 Å². The Bertz CT molecular complexity index is 1040. The van der Waals surface area contributed by atoms with Gasteiger partial charge in [-0.2, -0.15) is 13.2 Å². The Morgan fingerprint density at radius 1 is 1.06 bits per heavy atom. The maximum absolute atomic E-state index is 13.4. The van der Waals surface area contributed by atoms with E-state index in [0.29, 0.717) is 12.1 Å². The first-order chi connectivity index (χ1) is 14.7. The van der Waals surface area contributed by atoms with Gasteiger partial charge in [0, 0.05) is 12.2 Å². The van der Waals surface area contributed by atoms with Crippen molar-refractivity contribution in [2.75, 3.05) is 13.2 Å². The largest absolute Gasteiger partial charge is 0.462 e. The maximum Gasteiger partial charge on any atom is 0.416 e. The van der Waals surface area contributed by atoms with Gasteiger partial charge in [0.25, 0.3) is 5.91 Å². The number of hydrogen-bond donors (Lipinski definition) is 0. The van der Waals surface area contributed by atoms with E-state index < -0.39 is 23.6 Å². The van der Waals surface area contributed by atoms with Crippen molar-refractivity contribution in [1.29, 1.82) is 0 Å². The topological polar surface area (TPSA) is 46.6 Å². The number of amides is 1. The van der Waals surface area contributed by atoms with E-state index in [1.54, 1.807) is 13.8 Å². The van der Waals surface area contributed by atoms with Crippen molar-refractivity contribution in [1.82, 2.24) is 4.90 Å². The lowest BCUT2D eigenvalue weighted by Crippen LogP contribution is -2.27. The summed E-state index contributed by atoms with van der Waals surface area (Å²) in [5, 5.41) is 0. The Hall–Kier alpha value is -3.35. The molecule has 0 fully saturated rings. The van der Waals surface area contributed by atoms with Crippen molar-refractivity contribution in [2.24, 2.45) is 0 Å². The third-order valence-electron chi connectivity index (χ3n) is 5.02. The minimum absolute atomic E-state index is 0.00288. The lowest BCUT2D eigenvalue weighted by atomic mass is 10.00. The van der Waals surface area contributed by atoms with Crippen LogP contribution in [0.25, 0.3) is 6.08 Å². The molecule has 0 aromatic heterocycles. The fourth-order valence-corrected chi connectivity index (χ4v) is 3.52. The lowest BCUT2D eigenvalue weighted by Gasteiger charge is -2.18. The molecule has 0 saturated heterocycles. The standard InChI is InChI=1S/C24H22F3NO3/c1-3-31-23(30)21-16(2)28(14-13-17-9-5-4-6-10-17)22(29)19(21)15-18-11-7-8-12-20(18)24(25,26)27/h4-12,15H,3,13-14H2,1-2H3/b19-15-. The third-order valence-corrected chi connectivity index (χ3v) is 5.02. The number of hydrogen-bond acceptors (Lipinski definition) is 3. The van der Waals surface area contributed by atoms with Crippen LogP contribution in [0, 0.1) is 0 Å². The Kier molecular flexibility index (Phi) is 6.63. The van der Waals surface area contributed by atoms with Gasteiger partial charge < -0.3 is 9.64 Å². The molecule has 1 amide bonds. The van der Waals surface area contributed by atoms with Gasteiger partial charge in [0.2, 0.25) is 0 Å². The Balaban J connectivity index is 2.02. The van der Waals surface area contributed by atoms with Crippen molar-refractivity contribution < 1.29 is 27.5 Å². The summed E-state index contributed by atoms with van der Waals surface area (Å²) >= 11 is 0. The van der Waals surface area contributed by atoms with Gasteiger partial charge in [-0.25, -0.2) is 4.79 Å². The molecule has 162 valence electrons. The average molecular weight is 429 g/mol. The first-order valence-electron chi connectivity index (χ1n) is 9.86. The van der Waals surface area contributed by atoms with Crippen LogP contribution in [0.3, 0.4) is 0 Å². The zero-order valence-corrected chi connectivity index (χ0v) is 17.2. The number of esters is 1. The summed E-state index contributed by atoms with van der Waals surface area (Å²) in [5.74, 6) is -1.25. The van der Waals surface area contributed by atoms with E-state index in [0.717, 1.165) is 17.7 Å². The number of carbonyl (C=O) groups is 2. The van der Waals surface area contributed by atoms with E-state index in [4.69, 9.17) is 4.74 Å². The second-order valence-electron chi connectivity index (χ2n) is 7.02. The quantitative estimate of drug-likeness (QED) is 0.479. The van der Waals surface area contributed by atoms with Crippen LogP contribution in [-0.2, 0) is 26.9 Å². The zero-order chi connectivity index (χ0) is 22.6. The predicted molar refractivity (Wildman–Crippen MR) is 111 cm³/mol. The van der Waals surface area contributed by atoms with Gasteiger partial charge in [-0.15, -0.1) is 0 Å². The minimum atomic E-state index is -4.59. The smallest absolute Gasteiger partial charge is 0.416 e. The molecule has 0 aliphatic carbocycles. The van der Waals surface area contributed by atoms with Crippen LogP contribution in [-0.4, -0.2) is 29.9 Å². The van der Waals surface area contributed by atoms with E-state index in [2.05, 4.69) is 0 Å². The van der Waals surface area contributed by atoms with E-state index in [-0.39, 0.29) is 29.9 Å². The highest BCUT2D eigenvalue weighted by molar-refractivity contribution is 6.16. The fraction of sp³-hybridized carbons (Fsp3) is 0.250. The molecule has 3 rings (SSSR count). The van der Waals surface area contributed by atoms with Crippen molar-refractivity contribution in [3.05, 3.63) is 88.1 Å². The number of carbonyl (C=O) groups excluding carboxylic acids is 2. The molecule has 7 heteroatoms. The summed E-state index contributed by atoms with van der Waals surface area (Å²) in [7, 11) is 0. The molecule has 0 spiro atoms. The highest BCUT2D eigenvalue weighted by atomic mass is 19.4. The first-order valence-corrected chi connectivity index (χ1v) is 9.86. The summed E-state index contributed by atoms with van der Waals surface area (Å²) in [5.41, 5.74) is 0.213. The number of benzene rings is 2. The van der Waals surface area contributed by atoms with Crippen LogP contribution in [0.2, 0.25) is 0 Å².